The van der Waals surface area contributed by atoms with E-state index in [-0.39, 0.29) is 23.5 Å². The number of benzene rings is 1. The van der Waals surface area contributed by atoms with Gasteiger partial charge in [0.25, 0.3) is 0 Å². The van der Waals surface area contributed by atoms with Gasteiger partial charge in [0, 0.05) is 25.0 Å². The van der Waals surface area contributed by atoms with Gasteiger partial charge in [0.2, 0.25) is 0 Å². The summed E-state index contributed by atoms with van der Waals surface area (Å²) in [6.45, 7) is 13.5. The van der Waals surface area contributed by atoms with Gasteiger partial charge in [-0.1, -0.05) is 45.0 Å². The first-order valence-electron chi connectivity index (χ1n) is 8.79. The van der Waals surface area contributed by atoms with Crippen molar-refractivity contribution >= 4 is 6.09 Å². The SMILES string of the molecule is CC(C)(C)OC(=O)N1CC(N)CC(c2ccc(C(C)(C)C)cc2)C1. The van der Waals surface area contributed by atoms with Crippen LogP contribution in [0.4, 0.5) is 4.79 Å². The number of piperidine rings is 1. The van der Waals surface area contributed by atoms with Crippen LogP contribution in [0.1, 0.15) is 65.0 Å². The van der Waals surface area contributed by atoms with Crippen molar-refractivity contribution in [3.05, 3.63) is 35.4 Å². The molecule has 1 fully saturated rings. The Bertz CT molecular complexity index is 567. The minimum Gasteiger partial charge on any atom is -0.444 e. The summed E-state index contributed by atoms with van der Waals surface area (Å²) >= 11 is 0. The number of rotatable bonds is 1. The van der Waals surface area contributed by atoms with Crippen LogP contribution in [-0.4, -0.2) is 35.7 Å². The van der Waals surface area contributed by atoms with Crippen molar-refractivity contribution in [3.8, 4) is 0 Å². The molecule has 1 aliphatic rings. The van der Waals surface area contributed by atoms with Crippen LogP contribution in [-0.2, 0) is 10.2 Å². The second-order valence-electron chi connectivity index (χ2n) is 8.95. The van der Waals surface area contributed by atoms with Crippen molar-refractivity contribution < 1.29 is 9.53 Å². The van der Waals surface area contributed by atoms with Crippen molar-refractivity contribution in [2.24, 2.45) is 5.73 Å². The lowest BCUT2D eigenvalue weighted by atomic mass is 9.83. The summed E-state index contributed by atoms with van der Waals surface area (Å²) in [5.74, 6) is 0.260. The summed E-state index contributed by atoms with van der Waals surface area (Å²) in [5, 5.41) is 0. The number of carbonyl (C=O) groups excluding carboxylic acids is 1. The van der Waals surface area contributed by atoms with Gasteiger partial charge in [-0.2, -0.15) is 0 Å². The Balaban J connectivity index is 2.12. The van der Waals surface area contributed by atoms with Crippen molar-refractivity contribution in [1.29, 1.82) is 0 Å². The number of nitrogens with zero attached hydrogens (tertiary/aromatic N) is 1. The van der Waals surface area contributed by atoms with Gasteiger partial charge in [0.05, 0.1) is 0 Å². The van der Waals surface area contributed by atoms with E-state index in [0.29, 0.717) is 13.1 Å². The molecule has 2 unspecified atom stereocenters. The Kier molecular flexibility index (Phi) is 5.28. The predicted octanol–water partition coefficient (Wildman–Crippen LogP) is 4.04. The topological polar surface area (TPSA) is 55.6 Å². The Labute approximate surface area is 146 Å². The van der Waals surface area contributed by atoms with Gasteiger partial charge < -0.3 is 15.4 Å². The monoisotopic (exact) mass is 332 g/mol. The van der Waals surface area contributed by atoms with Crippen molar-refractivity contribution in [1.82, 2.24) is 4.90 Å². The zero-order valence-electron chi connectivity index (χ0n) is 15.9. The fourth-order valence-corrected chi connectivity index (χ4v) is 3.11. The molecule has 1 amide bonds. The largest absolute Gasteiger partial charge is 0.444 e. The van der Waals surface area contributed by atoms with Gasteiger partial charge in [-0.05, 0) is 43.7 Å². The zero-order valence-corrected chi connectivity index (χ0v) is 15.9. The molecule has 134 valence electrons. The smallest absolute Gasteiger partial charge is 0.410 e. The van der Waals surface area contributed by atoms with Gasteiger partial charge >= 0.3 is 6.09 Å². The van der Waals surface area contributed by atoms with Crippen molar-refractivity contribution in [3.63, 3.8) is 0 Å². The van der Waals surface area contributed by atoms with E-state index >= 15 is 0 Å². The third kappa shape index (κ3) is 4.97. The quantitative estimate of drug-likeness (QED) is 0.844. The third-order valence-electron chi connectivity index (χ3n) is 4.38. The van der Waals surface area contributed by atoms with Crippen molar-refractivity contribution in [2.75, 3.05) is 13.1 Å². The Hall–Kier alpha value is -1.55. The molecule has 2 N–H and O–H groups in total. The molecule has 4 heteroatoms. The average Bonchev–Trinajstić information content (AvgIpc) is 2.44. The van der Waals surface area contributed by atoms with Gasteiger partial charge in [0.1, 0.15) is 5.60 Å². The molecule has 0 saturated carbocycles. The van der Waals surface area contributed by atoms with Gasteiger partial charge in [-0.15, -0.1) is 0 Å². The number of nitrogens with two attached hydrogens (primary N) is 1. The highest BCUT2D eigenvalue weighted by molar-refractivity contribution is 5.68. The molecule has 2 rings (SSSR count). The molecule has 0 bridgehead atoms. The molecule has 1 aromatic rings. The first-order valence-corrected chi connectivity index (χ1v) is 8.79. The van der Waals surface area contributed by atoms with Crippen molar-refractivity contribution in [2.45, 2.75) is 70.9 Å². The minimum absolute atomic E-state index is 0.0152. The van der Waals surface area contributed by atoms with Crippen LogP contribution in [0.2, 0.25) is 0 Å². The standard InChI is InChI=1S/C20H32N2O2/c1-19(2,3)16-9-7-14(8-10-16)15-11-17(21)13-22(12-15)18(23)24-20(4,5)6/h7-10,15,17H,11-13,21H2,1-6H3. The summed E-state index contributed by atoms with van der Waals surface area (Å²) in [7, 11) is 0. The van der Waals surface area contributed by atoms with E-state index in [2.05, 4.69) is 45.0 Å². The Morgan fingerprint density at radius 2 is 1.67 bits per heavy atom. The highest BCUT2D eigenvalue weighted by Gasteiger charge is 2.31. The maximum absolute atomic E-state index is 12.4. The molecule has 0 spiro atoms. The predicted molar refractivity (Wildman–Crippen MR) is 98.3 cm³/mol. The van der Waals surface area contributed by atoms with Crippen LogP contribution < -0.4 is 5.73 Å². The van der Waals surface area contributed by atoms with Crippen LogP contribution >= 0.6 is 0 Å². The lowest BCUT2D eigenvalue weighted by Gasteiger charge is -2.37. The minimum atomic E-state index is -0.484. The number of hydrogen-bond donors (Lipinski definition) is 1. The third-order valence-corrected chi connectivity index (χ3v) is 4.38. The van der Waals surface area contributed by atoms with E-state index < -0.39 is 5.60 Å². The van der Waals surface area contributed by atoms with E-state index in [9.17, 15) is 4.79 Å². The molecule has 1 aromatic carbocycles. The Morgan fingerprint density at radius 3 is 2.17 bits per heavy atom. The lowest BCUT2D eigenvalue weighted by Crippen LogP contribution is -2.50. The Morgan fingerprint density at radius 1 is 1.08 bits per heavy atom. The number of ether oxygens (including phenoxy) is 1. The first kappa shape index (κ1) is 18.8. The number of likely N-dealkylation sites (tertiary alicyclic amines) is 1. The summed E-state index contributed by atoms with van der Waals surface area (Å²) < 4.78 is 5.50. The van der Waals surface area contributed by atoms with Gasteiger partial charge in [-0.3, -0.25) is 0 Å². The van der Waals surface area contributed by atoms with Gasteiger partial charge in [0.15, 0.2) is 0 Å². The summed E-state index contributed by atoms with van der Waals surface area (Å²) in [4.78, 5) is 14.1. The normalized spacial score (nSPS) is 22.4. The first-order chi connectivity index (χ1) is 11.0. The highest BCUT2D eigenvalue weighted by atomic mass is 16.6. The maximum atomic E-state index is 12.4. The molecular weight excluding hydrogens is 300 g/mol. The average molecular weight is 332 g/mol. The second kappa shape index (κ2) is 6.75. The van der Waals surface area contributed by atoms with Crippen LogP contribution in [0.3, 0.4) is 0 Å². The number of carbonyl (C=O) groups is 1. The maximum Gasteiger partial charge on any atom is 0.410 e. The molecule has 24 heavy (non-hydrogen) atoms. The fraction of sp³-hybridized carbons (Fsp3) is 0.650. The molecular formula is C20H32N2O2. The lowest BCUT2D eigenvalue weighted by molar-refractivity contribution is 0.0181. The second-order valence-corrected chi connectivity index (χ2v) is 8.95. The van der Waals surface area contributed by atoms with Crippen LogP contribution in [0, 0.1) is 0 Å². The summed E-state index contributed by atoms with van der Waals surface area (Å²) in [6.07, 6.45) is 0.628. The van der Waals surface area contributed by atoms with E-state index in [0.717, 1.165) is 6.42 Å². The summed E-state index contributed by atoms with van der Waals surface area (Å²) in [5.41, 5.74) is 8.42. The highest BCUT2D eigenvalue weighted by Crippen LogP contribution is 2.30. The molecule has 1 heterocycles. The molecule has 0 radical (unpaired) electrons. The van der Waals surface area contributed by atoms with E-state index in [1.54, 1.807) is 4.90 Å². The fourth-order valence-electron chi connectivity index (χ4n) is 3.11. The number of amides is 1. The molecule has 2 atom stereocenters. The summed E-state index contributed by atoms with van der Waals surface area (Å²) in [6, 6.07) is 8.71. The zero-order chi connectivity index (χ0) is 18.1. The van der Waals surface area contributed by atoms with E-state index in [1.807, 2.05) is 20.8 Å². The molecule has 1 saturated heterocycles. The molecule has 1 aliphatic heterocycles. The molecule has 0 aliphatic carbocycles. The van der Waals surface area contributed by atoms with Crippen LogP contribution in [0.25, 0.3) is 0 Å². The molecule has 0 aromatic heterocycles. The van der Waals surface area contributed by atoms with E-state index in [1.165, 1.54) is 11.1 Å². The van der Waals surface area contributed by atoms with Gasteiger partial charge in [-0.25, -0.2) is 4.79 Å². The van der Waals surface area contributed by atoms with Crippen LogP contribution in [0.15, 0.2) is 24.3 Å². The number of hydrogen-bond acceptors (Lipinski definition) is 3. The van der Waals surface area contributed by atoms with Crippen LogP contribution in [0.5, 0.6) is 0 Å². The molecule has 4 nitrogen and oxygen atoms in total. The van der Waals surface area contributed by atoms with E-state index in [4.69, 9.17) is 10.5 Å².